The molecular weight excluding hydrogens is 214 g/mol. The number of likely N-dealkylation sites (N-methyl/N-ethyl adjacent to an activating group) is 1. The maximum atomic E-state index is 12.2. The lowest BCUT2D eigenvalue weighted by molar-refractivity contribution is -0.134. The van der Waals surface area contributed by atoms with Crippen molar-refractivity contribution in [3.05, 3.63) is 0 Å². The first-order valence-electron chi connectivity index (χ1n) is 6.89. The van der Waals surface area contributed by atoms with Crippen molar-refractivity contribution in [2.45, 2.75) is 32.2 Å². The van der Waals surface area contributed by atoms with Crippen molar-refractivity contribution in [1.82, 2.24) is 15.1 Å². The average molecular weight is 239 g/mol. The van der Waals surface area contributed by atoms with E-state index in [0.717, 1.165) is 26.1 Å². The fourth-order valence-electron chi connectivity index (χ4n) is 2.89. The van der Waals surface area contributed by atoms with Crippen LogP contribution in [0.5, 0.6) is 0 Å². The molecule has 0 radical (unpaired) electrons. The Balaban J connectivity index is 1.74. The first-order valence-corrected chi connectivity index (χ1v) is 6.89. The molecule has 2 rings (SSSR count). The Kier molecular flexibility index (Phi) is 4.40. The predicted molar refractivity (Wildman–Crippen MR) is 68.9 cm³/mol. The van der Waals surface area contributed by atoms with Crippen LogP contribution in [0.2, 0.25) is 0 Å². The van der Waals surface area contributed by atoms with Crippen molar-refractivity contribution in [2.24, 2.45) is 5.92 Å². The lowest BCUT2D eigenvalue weighted by Gasteiger charge is -2.25. The van der Waals surface area contributed by atoms with Gasteiger partial charge < -0.3 is 15.1 Å². The van der Waals surface area contributed by atoms with E-state index in [1.807, 2.05) is 11.9 Å². The molecular formula is C13H25N3O. The SMILES string of the molecule is CC1NCCC1C(=O)N(C)CCN1CCCC1. The third kappa shape index (κ3) is 3.19. The first-order chi connectivity index (χ1) is 8.18. The van der Waals surface area contributed by atoms with Gasteiger partial charge in [0.2, 0.25) is 5.91 Å². The Labute approximate surface area is 104 Å². The molecule has 0 saturated carbocycles. The molecule has 0 bridgehead atoms. The van der Waals surface area contributed by atoms with E-state index >= 15 is 0 Å². The molecule has 2 atom stereocenters. The van der Waals surface area contributed by atoms with E-state index in [1.54, 1.807) is 0 Å². The van der Waals surface area contributed by atoms with Gasteiger partial charge in [-0.05, 0) is 45.8 Å². The van der Waals surface area contributed by atoms with Crippen LogP contribution in [0.4, 0.5) is 0 Å². The molecule has 0 aromatic heterocycles. The number of likely N-dealkylation sites (tertiary alicyclic amines) is 1. The highest BCUT2D eigenvalue weighted by molar-refractivity contribution is 5.79. The van der Waals surface area contributed by atoms with Crippen LogP contribution in [0.25, 0.3) is 0 Å². The van der Waals surface area contributed by atoms with E-state index in [9.17, 15) is 4.79 Å². The topological polar surface area (TPSA) is 35.6 Å². The van der Waals surface area contributed by atoms with Crippen LogP contribution in [0.3, 0.4) is 0 Å². The molecule has 2 fully saturated rings. The number of hydrogen-bond acceptors (Lipinski definition) is 3. The van der Waals surface area contributed by atoms with E-state index in [2.05, 4.69) is 17.1 Å². The Bertz CT molecular complexity index is 263. The quantitative estimate of drug-likeness (QED) is 0.778. The third-order valence-corrected chi connectivity index (χ3v) is 4.17. The van der Waals surface area contributed by atoms with Gasteiger partial charge in [-0.1, -0.05) is 0 Å². The molecule has 0 spiro atoms. The highest BCUT2D eigenvalue weighted by Crippen LogP contribution is 2.17. The fourth-order valence-corrected chi connectivity index (χ4v) is 2.89. The monoisotopic (exact) mass is 239 g/mol. The second kappa shape index (κ2) is 5.83. The minimum atomic E-state index is 0.193. The Morgan fingerprint density at radius 1 is 1.41 bits per heavy atom. The van der Waals surface area contributed by atoms with Crippen LogP contribution in [0, 0.1) is 5.92 Å². The summed E-state index contributed by atoms with van der Waals surface area (Å²) in [7, 11) is 1.95. The normalized spacial score (nSPS) is 29.8. The fraction of sp³-hybridized carbons (Fsp3) is 0.923. The lowest BCUT2D eigenvalue weighted by atomic mass is 10.0. The summed E-state index contributed by atoms with van der Waals surface area (Å²) in [6.45, 7) is 7.44. The Morgan fingerprint density at radius 2 is 2.12 bits per heavy atom. The van der Waals surface area contributed by atoms with Crippen LogP contribution < -0.4 is 5.32 Å². The zero-order chi connectivity index (χ0) is 12.3. The van der Waals surface area contributed by atoms with Crippen molar-refractivity contribution in [1.29, 1.82) is 0 Å². The number of hydrogen-bond donors (Lipinski definition) is 1. The van der Waals surface area contributed by atoms with E-state index in [-0.39, 0.29) is 5.92 Å². The van der Waals surface area contributed by atoms with Crippen LogP contribution in [-0.2, 0) is 4.79 Å². The van der Waals surface area contributed by atoms with Gasteiger partial charge in [0.1, 0.15) is 0 Å². The van der Waals surface area contributed by atoms with Crippen LogP contribution >= 0.6 is 0 Å². The summed E-state index contributed by atoms with van der Waals surface area (Å²) in [4.78, 5) is 16.6. The number of nitrogens with one attached hydrogen (secondary N) is 1. The second-order valence-electron chi connectivity index (χ2n) is 5.45. The van der Waals surface area contributed by atoms with Gasteiger partial charge in [0.05, 0.1) is 5.92 Å². The van der Waals surface area contributed by atoms with E-state index < -0.39 is 0 Å². The summed E-state index contributed by atoms with van der Waals surface area (Å²) in [5, 5.41) is 3.34. The van der Waals surface area contributed by atoms with Crippen molar-refractivity contribution in [3.63, 3.8) is 0 Å². The molecule has 98 valence electrons. The van der Waals surface area contributed by atoms with Gasteiger partial charge >= 0.3 is 0 Å². The minimum absolute atomic E-state index is 0.193. The molecule has 2 unspecified atom stereocenters. The van der Waals surface area contributed by atoms with E-state index in [0.29, 0.717) is 11.9 Å². The molecule has 0 aromatic rings. The summed E-state index contributed by atoms with van der Waals surface area (Å²) < 4.78 is 0. The van der Waals surface area contributed by atoms with Gasteiger partial charge in [0.25, 0.3) is 0 Å². The molecule has 2 aliphatic rings. The average Bonchev–Trinajstić information content (AvgIpc) is 2.95. The molecule has 0 aliphatic carbocycles. The van der Waals surface area contributed by atoms with Crippen molar-refractivity contribution in [2.75, 3.05) is 39.8 Å². The number of amides is 1. The summed E-state index contributed by atoms with van der Waals surface area (Å²) in [6, 6.07) is 0.344. The van der Waals surface area contributed by atoms with E-state index in [4.69, 9.17) is 0 Å². The molecule has 1 amide bonds. The van der Waals surface area contributed by atoms with Crippen molar-refractivity contribution >= 4 is 5.91 Å². The number of carbonyl (C=O) groups is 1. The summed E-state index contributed by atoms with van der Waals surface area (Å²) >= 11 is 0. The molecule has 0 aromatic carbocycles. The van der Waals surface area contributed by atoms with Gasteiger partial charge in [-0.25, -0.2) is 0 Å². The maximum Gasteiger partial charge on any atom is 0.227 e. The standard InChI is InChI=1S/C13H25N3O/c1-11-12(5-6-14-11)13(17)15(2)9-10-16-7-3-4-8-16/h11-12,14H,3-10H2,1-2H3. The minimum Gasteiger partial charge on any atom is -0.344 e. The lowest BCUT2D eigenvalue weighted by Crippen LogP contribution is -2.41. The van der Waals surface area contributed by atoms with Crippen LogP contribution in [0.1, 0.15) is 26.2 Å². The molecule has 4 nitrogen and oxygen atoms in total. The zero-order valence-corrected chi connectivity index (χ0v) is 11.1. The zero-order valence-electron chi connectivity index (χ0n) is 11.1. The van der Waals surface area contributed by atoms with Gasteiger partial charge in [0.15, 0.2) is 0 Å². The number of nitrogens with zero attached hydrogens (tertiary/aromatic N) is 2. The van der Waals surface area contributed by atoms with Crippen LogP contribution in [-0.4, -0.2) is 61.5 Å². The van der Waals surface area contributed by atoms with Crippen LogP contribution in [0.15, 0.2) is 0 Å². The highest BCUT2D eigenvalue weighted by Gasteiger charge is 2.31. The van der Waals surface area contributed by atoms with Gasteiger partial charge in [-0.3, -0.25) is 4.79 Å². The maximum absolute atomic E-state index is 12.2. The van der Waals surface area contributed by atoms with Gasteiger partial charge in [0, 0.05) is 26.2 Å². The van der Waals surface area contributed by atoms with Gasteiger partial charge in [-0.15, -0.1) is 0 Å². The van der Waals surface area contributed by atoms with Gasteiger partial charge in [-0.2, -0.15) is 0 Å². The summed E-state index contributed by atoms with van der Waals surface area (Å²) in [5.74, 6) is 0.514. The highest BCUT2D eigenvalue weighted by atomic mass is 16.2. The predicted octanol–water partition coefficient (Wildman–Crippen LogP) is 0.539. The molecule has 17 heavy (non-hydrogen) atoms. The molecule has 4 heteroatoms. The Morgan fingerprint density at radius 3 is 2.71 bits per heavy atom. The summed E-state index contributed by atoms with van der Waals surface area (Å²) in [5.41, 5.74) is 0. The summed E-state index contributed by atoms with van der Waals surface area (Å²) in [6.07, 6.45) is 3.64. The third-order valence-electron chi connectivity index (χ3n) is 4.17. The van der Waals surface area contributed by atoms with Crippen molar-refractivity contribution in [3.8, 4) is 0 Å². The Hall–Kier alpha value is -0.610. The molecule has 2 aliphatic heterocycles. The number of rotatable bonds is 4. The number of carbonyl (C=O) groups excluding carboxylic acids is 1. The smallest absolute Gasteiger partial charge is 0.227 e. The second-order valence-corrected chi connectivity index (χ2v) is 5.45. The largest absolute Gasteiger partial charge is 0.344 e. The molecule has 2 heterocycles. The molecule has 2 saturated heterocycles. The van der Waals surface area contributed by atoms with E-state index in [1.165, 1.54) is 25.9 Å². The first kappa shape index (κ1) is 12.8. The molecule has 1 N–H and O–H groups in total. The van der Waals surface area contributed by atoms with Crippen molar-refractivity contribution < 1.29 is 4.79 Å².